The lowest BCUT2D eigenvalue weighted by molar-refractivity contribution is -0.384. The molecule has 0 bridgehead atoms. The number of nitrogens with zero attached hydrogens (tertiary/aromatic N) is 3. The molecule has 5 nitrogen and oxygen atoms in total. The molecule has 1 aliphatic rings. The summed E-state index contributed by atoms with van der Waals surface area (Å²) in [5, 5.41) is 11.2. The van der Waals surface area contributed by atoms with Gasteiger partial charge in [-0.3, -0.25) is 10.1 Å². The first-order valence-electron chi connectivity index (χ1n) is 8.25. The highest BCUT2D eigenvalue weighted by atomic mass is 16.6. The number of pyridine rings is 1. The van der Waals surface area contributed by atoms with Crippen LogP contribution in [0.2, 0.25) is 0 Å². The van der Waals surface area contributed by atoms with Gasteiger partial charge in [-0.1, -0.05) is 36.6 Å². The summed E-state index contributed by atoms with van der Waals surface area (Å²) in [6.45, 7) is 5.55. The second kappa shape index (κ2) is 7.63. The number of hydrogen-bond donors (Lipinski definition) is 0. The van der Waals surface area contributed by atoms with Gasteiger partial charge in [-0.05, 0) is 42.5 Å². The van der Waals surface area contributed by atoms with Crippen LogP contribution in [-0.4, -0.2) is 23.0 Å². The number of piperidine rings is 1. The second-order valence-electron chi connectivity index (χ2n) is 6.01. The van der Waals surface area contributed by atoms with E-state index >= 15 is 0 Å². The standard InChI is InChI=1S/C20H19N3O2/c1-16(9-10-17-6-3-2-4-7-17)18-11-14-22(15-12-18)20-19(23(24)25)8-5-13-21-20/h2-8,13,18H,1,11-12,14-15H2. The number of aromatic nitrogens is 1. The van der Waals surface area contributed by atoms with Crippen LogP contribution in [0.15, 0.2) is 60.8 Å². The Morgan fingerprint density at radius 2 is 1.92 bits per heavy atom. The minimum atomic E-state index is -0.376. The van der Waals surface area contributed by atoms with Gasteiger partial charge in [-0.2, -0.15) is 0 Å². The minimum absolute atomic E-state index is 0.0589. The van der Waals surface area contributed by atoms with E-state index in [1.165, 1.54) is 6.07 Å². The quantitative estimate of drug-likeness (QED) is 0.487. The molecule has 2 aromatic rings. The fraction of sp³-hybridized carbons (Fsp3) is 0.250. The average Bonchev–Trinajstić information content (AvgIpc) is 2.67. The van der Waals surface area contributed by atoms with Crippen LogP contribution in [0.1, 0.15) is 18.4 Å². The van der Waals surface area contributed by atoms with Crippen LogP contribution in [-0.2, 0) is 0 Å². The van der Waals surface area contributed by atoms with E-state index in [1.54, 1.807) is 12.3 Å². The maximum Gasteiger partial charge on any atom is 0.311 e. The Kier molecular flexibility index (Phi) is 5.10. The molecule has 1 aliphatic heterocycles. The van der Waals surface area contributed by atoms with E-state index in [9.17, 15) is 10.1 Å². The second-order valence-corrected chi connectivity index (χ2v) is 6.01. The maximum absolute atomic E-state index is 11.2. The molecule has 126 valence electrons. The van der Waals surface area contributed by atoms with Crippen molar-refractivity contribution in [2.45, 2.75) is 12.8 Å². The molecule has 25 heavy (non-hydrogen) atoms. The molecule has 1 fully saturated rings. The van der Waals surface area contributed by atoms with Crippen molar-refractivity contribution >= 4 is 11.5 Å². The zero-order chi connectivity index (χ0) is 17.6. The maximum atomic E-state index is 11.2. The van der Waals surface area contributed by atoms with Gasteiger partial charge < -0.3 is 4.90 Å². The van der Waals surface area contributed by atoms with Crippen LogP contribution in [0.5, 0.6) is 0 Å². The number of anilines is 1. The summed E-state index contributed by atoms with van der Waals surface area (Å²) in [4.78, 5) is 17.0. The van der Waals surface area contributed by atoms with Crippen molar-refractivity contribution in [2.75, 3.05) is 18.0 Å². The van der Waals surface area contributed by atoms with Crippen LogP contribution in [0.3, 0.4) is 0 Å². The third-order valence-electron chi connectivity index (χ3n) is 4.39. The van der Waals surface area contributed by atoms with Crippen molar-refractivity contribution < 1.29 is 4.92 Å². The normalized spacial score (nSPS) is 14.5. The molecule has 0 amide bonds. The van der Waals surface area contributed by atoms with E-state index in [-0.39, 0.29) is 10.6 Å². The molecule has 0 radical (unpaired) electrons. The molecule has 0 aliphatic carbocycles. The average molecular weight is 333 g/mol. The van der Waals surface area contributed by atoms with E-state index < -0.39 is 0 Å². The van der Waals surface area contributed by atoms with Gasteiger partial charge in [0.25, 0.3) is 0 Å². The van der Waals surface area contributed by atoms with Crippen LogP contribution in [0.25, 0.3) is 0 Å². The van der Waals surface area contributed by atoms with Gasteiger partial charge in [-0.25, -0.2) is 4.98 Å². The van der Waals surface area contributed by atoms with E-state index in [1.807, 2.05) is 35.2 Å². The topological polar surface area (TPSA) is 59.3 Å². The van der Waals surface area contributed by atoms with Crippen molar-refractivity contribution in [3.05, 3.63) is 76.5 Å². The van der Waals surface area contributed by atoms with E-state index in [0.29, 0.717) is 24.8 Å². The van der Waals surface area contributed by atoms with Crippen LogP contribution < -0.4 is 4.90 Å². The van der Waals surface area contributed by atoms with Gasteiger partial charge >= 0.3 is 5.69 Å². The van der Waals surface area contributed by atoms with Gasteiger partial charge in [0.1, 0.15) is 0 Å². The van der Waals surface area contributed by atoms with Crippen LogP contribution in [0, 0.1) is 27.9 Å². The molecule has 2 heterocycles. The molecular formula is C20H19N3O2. The minimum Gasteiger partial charge on any atom is -0.351 e. The van der Waals surface area contributed by atoms with E-state index in [0.717, 1.165) is 24.0 Å². The first-order valence-corrected chi connectivity index (χ1v) is 8.25. The molecule has 1 saturated heterocycles. The summed E-state index contributed by atoms with van der Waals surface area (Å²) in [5.74, 6) is 7.08. The van der Waals surface area contributed by atoms with E-state index in [4.69, 9.17) is 0 Å². The van der Waals surface area contributed by atoms with Crippen molar-refractivity contribution in [2.24, 2.45) is 5.92 Å². The van der Waals surface area contributed by atoms with Gasteiger partial charge in [0.15, 0.2) is 0 Å². The Bertz CT molecular complexity index is 829. The summed E-state index contributed by atoms with van der Waals surface area (Å²) in [5.41, 5.74) is 1.97. The summed E-state index contributed by atoms with van der Waals surface area (Å²) < 4.78 is 0. The smallest absolute Gasteiger partial charge is 0.311 e. The van der Waals surface area contributed by atoms with Gasteiger partial charge in [-0.15, -0.1) is 0 Å². The zero-order valence-corrected chi connectivity index (χ0v) is 13.9. The lowest BCUT2D eigenvalue weighted by Crippen LogP contribution is -2.35. The lowest BCUT2D eigenvalue weighted by Gasteiger charge is -2.32. The summed E-state index contributed by atoms with van der Waals surface area (Å²) in [6.07, 6.45) is 3.34. The molecule has 1 aromatic carbocycles. The first kappa shape index (κ1) is 16.7. The zero-order valence-electron chi connectivity index (χ0n) is 13.9. The largest absolute Gasteiger partial charge is 0.351 e. The van der Waals surface area contributed by atoms with Crippen molar-refractivity contribution in [1.29, 1.82) is 0 Å². The lowest BCUT2D eigenvalue weighted by atomic mass is 9.90. The van der Waals surface area contributed by atoms with Crippen molar-refractivity contribution in [3.63, 3.8) is 0 Å². The van der Waals surface area contributed by atoms with Crippen molar-refractivity contribution in [3.8, 4) is 11.8 Å². The molecule has 0 unspecified atom stereocenters. The molecule has 1 aromatic heterocycles. The summed E-state index contributed by atoms with van der Waals surface area (Å²) >= 11 is 0. The molecule has 0 saturated carbocycles. The number of rotatable bonds is 3. The third kappa shape index (κ3) is 4.04. The molecular weight excluding hydrogens is 314 g/mol. The van der Waals surface area contributed by atoms with Crippen LogP contribution in [0.4, 0.5) is 11.5 Å². The number of nitro groups is 1. The predicted molar refractivity (Wildman–Crippen MR) is 98.3 cm³/mol. The van der Waals surface area contributed by atoms with Gasteiger partial charge in [0.05, 0.1) is 4.92 Å². The summed E-state index contributed by atoms with van der Waals surface area (Å²) in [6, 6.07) is 12.9. The van der Waals surface area contributed by atoms with Gasteiger partial charge in [0.2, 0.25) is 5.82 Å². The Balaban J connectivity index is 1.64. The number of allylic oxidation sites excluding steroid dienone is 1. The Labute approximate surface area is 147 Å². The number of benzene rings is 1. The first-order chi connectivity index (χ1) is 12.1. The fourth-order valence-corrected chi connectivity index (χ4v) is 2.99. The predicted octanol–water partition coefficient (Wildman–Crippen LogP) is 3.81. The SMILES string of the molecule is C=C(C#Cc1ccccc1)C1CCN(c2ncccc2[N+](=O)[O-])CC1. The monoisotopic (exact) mass is 333 g/mol. The molecule has 5 heteroatoms. The molecule has 0 N–H and O–H groups in total. The molecule has 0 spiro atoms. The van der Waals surface area contributed by atoms with Crippen LogP contribution >= 0.6 is 0 Å². The van der Waals surface area contributed by atoms with Gasteiger partial charge in [0, 0.05) is 30.9 Å². The Morgan fingerprint density at radius 1 is 1.20 bits per heavy atom. The number of hydrogen-bond acceptors (Lipinski definition) is 4. The van der Waals surface area contributed by atoms with Crippen molar-refractivity contribution in [1.82, 2.24) is 4.98 Å². The Hall–Kier alpha value is -3.13. The molecule has 0 atom stereocenters. The highest BCUT2D eigenvalue weighted by Gasteiger charge is 2.26. The summed E-state index contributed by atoms with van der Waals surface area (Å²) in [7, 11) is 0. The van der Waals surface area contributed by atoms with E-state index in [2.05, 4.69) is 23.4 Å². The third-order valence-corrected chi connectivity index (χ3v) is 4.39. The fourth-order valence-electron chi connectivity index (χ4n) is 2.99. The highest BCUT2D eigenvalue weighted by Crippen LogP contribution is 2.30. The highest BCUT2D eigenvalue weighted by molar-refractivity contribution is 5.57. The Morgan fingerprint density at radius 3 is 2.60 bits per heavy atom. The molecule has 3 rings (SSSR count).